The van der Waals surface area contributed by atoms with Crippen LogP contribution in [0.1, 0.15) is 11.4 Å². The molecule has 1 aromatic heterocycles. The number of pyridine rings is 1. The maximum Gasteiger partial charge on any atom is 0.307 e. The molecule has 0 N–H and O–H groups in total. The lowest BCUT2D eigenvalue weighted by molar-refractivity contribution is 0.410. The summed E-state index contributed by atoms with van der Waals surface area (Å²) in [5, 5.41) is 0. The van der Waals surface area contributed by atoms with Crippen molar-refractivity contribution in [2.24, 2.45) is 0 Å². The Hall–Kier alpha value is -1.32. The topological polar surface area (TPSA) is 12.9 Å². The van der Waals surface area contributed by atoms with Gasteiger partial charge in [0.1, 0.15) is 5.69 Å². The summed E-state index contributed by atoms with van der Waals surface area (Å²) in [5.41, 5.74) is 0.180. The molecule has 0 aliphatic carbocycles. The molecule has 1 aromatic rings. The van der Waals surface area contributed by atoms with Crippen molar-refractivity contribution >= 4 is 5.83 Å². The fourth-order valence-electron chi connectivity index (χ4n) is 0.762. The zero-order valence-electron chi connectivity index (χ0n) is 6.31. The number of rotatable bonds is 1. The van der Waals surface area contributed by atoms with Crippen LogP contribution in [0.2, 0.25) is 0 Å². The summed E-state index contributed by atoms with van der Waals surface area (Å²) in [6, 6.07) is 4.27. The monoisotopic (exact) mass is 173 g/mol. The van der Waals surface area contributed by atoms with Crippen LogP contribution < -0.4 is 0 Å². The molecule has 12 heavy (non-hydrogen) atoms. The van der Waals surface area contributed by atoms with Crippen molar-refractivity contribution in [2.75, 3.05) is 0 Å². The molecule has 0 atom stereocenters. The molecule has 1 rings (SSSR count). The molecule has 1 heterocycles. The summed E-state index contributed by atoms with van der Waals surface area (Å²) < 4.78 is 35.9. The first-order valence-corrected chi connectivity index (χ1v) is 3.26. The Bertz CT molecular complexity index is 316. The van der Waals surface area contributed by atoms with Gasteiger partial charge in [-0.2, -0.15) is 13.2 Å². The summed E-state index contributed by atoms with van der Waals surface area (Å²) in [4.78, 5) is 3.58. The predicted molar refractivity (Wildman–Crippen MR) is 39.2 cm³/mol. The minimum atomic E-state index is -2.34. The lowest BCUT2D eigenvalue weighted by Gasteiger charge is -1.96. The molecule has 0 radical (unpaired) electrons. The number of hydrogen-bond acceptors (Lipinski definition) is 1. The van der Waals surface area contributed by atoms with E-state index in [1.165, 1.54) is 12.1 Å². The van der Waals surface area contributed by atoms with Crippen LogP contribution in [0.5, 0.6) is 0 Å². The van der Waals surface area contributed by atoms with Crippen molar-refractivity contribution in [1.82, 2.24) is 4.98 Å². The molecule has 0 amide bonds. The SMILES string of the molecule is Cc1cccc(C(F)=C(F)F)n1. The highest BCUT2D eigenvalue weighted by Crippen LogP contribution is 2.19. The van der Waals surface area contributed by atoms with Gasteiger partial charge in [-0.3, -0.25) is 4.98 Å². The molecule has 0 aliphatic heterocycles. The van der Waals surface area contributed by atoms with E-state index in [-0.39, 0.29) is 5.69 Å². The highest BCUT2D eigenvalue weighted by molar-refractivity contribution is 5.55. The van der Waals surface area contributed by atoms with E-state index in [4.69, 9.17) is 0 Å². The number of aryl methyl sites for hydroxylation is 1. The van der Waals surface area contributed by atoms with Crippen LogP contribution in [0, 0.1) is 6.92 Å². The molecule has 64 valence electrons. The van der Waals surface area contributed by atoms with E-state index >= 15 is 0 Å². The van der Waals surface area contributed by atoms with Crippen LogP contribution in [0.4, 0.5) is 13.2 Å². The Morgan fingerprint density at radius 2 is 1.92 bits per heavy atom. The normalized spacial score (nSPS) is 9.67. The second kappa shape index (κ2) is 3.38. The number of nitrogens with zero attached hydrogens (tertiary/aromatic N) is 1. The standard InChI is InChI=1S/C8H6F3N/c1-5-3-2-4-6(12-5)7(9)8(10)11/h2-4H,1H3. The summed E-state index contributed by atoms with van der Waals surface area (Å²) in [5.74, 6) is -1.56. The van der Waals surface area contributed by atoms with Crippen LogP contribution >= 0.6 is 0 Å². The Balaban J connectivity index is 3.13. The van der Waals surface area contributed by atoms with Crippen molar-refractivity contribution in [2.45, 2.75) is 6.92 Å². The highest BCUT2D eigenvalue weighted by atomic mass is 19.3. The van der Waals surface area contributed by atoms with E-state index in [0.717, 1.165) is 0 Å². The first-order valence-electron chi connectivity index (χ1n) is 3.26. The van der Waals surface area contributed by atoms with E-state index in [1.54, 1.807) is 13.0 Å². The lowest BCUT2D eigenvalue weighted by atomic mass is 10.3. The van der Waals surface area contributed by atoms with E-state index in [0.29, 0.717) is 5.69 Å². The van der Waals surface area contributed by atoms with Gasteiger partial charge in [0.2, 0.25) is 5.83 Å². The van der Waals surface area contributed by atoms with Crippen LogP contribution in [0.15, 0.2) is 24.3 Å². The van der Waals surface area contributed by atoms with Crippen LogP contribution in [0.25, 0.3) is 5.83 Å². The molecular formula is C8H6F3N. The lowest BCUT2D eigenvalue weighted by Crippen LogP contribution is -1.87. The van der Waals surface area contributed by atoms with Crippen molar-refractivity contribution < 1.29 is 13.2 Å². The van der Waals surface area contributed by atoms with Crippen LogP contribution in [0.3, 0.4) is 0 Å². The number of aromatic nitrogens is 1. The van der Waals surface area contributed by atoms with Crippen LogP contribution in [-0.2, 0) is 0 Å². The minimum absolute atomic E-state index is 0.324. The molecule has 0 unspecified atom stereocenters. The van der Waals surface area contributed by atoms with Crippen molar-refractivity contribution in [3.8, 4) is 0 Å². The highest BCUT2D eigenvalue weighted by Gasteiger charge is 2.08. The average molecular weight is 173 g/mol. The second-order valence-corrected chi connectivity index (χ2v) is 2.24. The molecule has 0 fully saturated rings. The smallest absolute Gasteiger partial charge is 0.250 e. The Morgan fingerprint density at radius 3 is 2.42 bits per heavy atom. The average Bonchev–Trinajstić information content (AvgIpc) is 2.03. The first kappa shape index (κ1) is 8.77. The second-order valence-electron chi connectivity index (χ2n) is 2.24. The van der Waals surface area contributed by atoms with Gasteiger partial charge in [-0.1, -0.05) is 6.07 Å². The molecule has 0 saturated carbocycles. The summed E-state index contributed by atoms with van der Waals surface area (Å²) in [6.07, 6.45) is -2.34. The van der Waals surface area contributed by atoms with E-state index in [1.807, 2.05) is 0 Å². The number of halogens is 3. The minimum Gasteiger partial charge on any atom is -0.250 e. The molecule has 1 nitrogen and oxygen atoms in total. The van der Waals surface area contributed by atoms with E-state index in [2.05, 4.69) is 4.98 Å². The van der Waals surface area contributed by atoms with Gasteiger partial charge in [0.15, 0.2) is 0 Å². The Kier molecular flexibility index (Phi) is 2.47. The van der Waals surface area contributed by atoms with Gasteiger partial charge in [-0.05, 0) is 19.1 Å². The van der Waals surface area contributed by atoms with E-state index in [9.17, 15) is 13.2 Å². The summed E-state index contributed by atoms with van der Waals surface area (Å²) in [7, 11) is 0. The molecule has 0 saturated heterocycles. The fraction of sp³-hybridized carbons (Fsp3) is 0.125. The third-order valence-corrected chi connectivity index (χ3v) is 1.28. The summed E-state index contributed by atoms with van der Waals surface area (Å²) in [6.45, 7) is 1.60. The van der Waals surface area contributed by atoms with Crippen molar-refractivity contribution in [3.05, 3.63) is 35.7 Å². The largest absolute Gasteiger partial charge is 0.307 e. The van der Waals surface area contributed by atoms with Gasteiger partial charge in [-0.25, -0.2) is 0 Å². The van der Waals surface area contributed by atoms with Gasteiger partial charge < -0.3 is 0 Å². The molecule has 4 heteroatoms. The van der Waals surface area contributed by atoms with Gasteiger partial charge in [-0.15, -0.1) is 0 Å². The maximum atomic E-state index is 12.5. The third kappa shape index (κ3) is 1.84. The molecular weight excluding hydrogens is 167 g/mol. The zero-order valence-corrected chi connectivity index (χ0v) is 6.31. The maximum absolute atomic E-state index is 12.5. The molecule has 0 bridgehead atoms. The van der Waals surface area contributed by atoms with Gasteiger partial charge in [0.25, 0.3) is 0 Å². The van der Waals surface area contributed by atoms with Crippen LogP contribution in [-0.4, -0.2) is 4.98 Å². The molecule has 0 aliphatic rings. The van der Waals surface area contributed by atoms with Gasteiger partial charge in [0.05, 0.1) is 0 Å². The van der Waals surface area contributed by atoms with E-state index < -0.39 is 11.9 Å². The Labute approximate surface area is 67.6 Å². The van der Waals surface area contributed by atoms with Gasteiger partial charge >= 0.3 is 6.08 Å². The quantitative estimate of drug-likeness (QED) is 0.636. The van der Waals surface area contributed by atoms with Gasteiger partial charge in [0, 0.05) is 5.69 Å². The molecule has 0 spiro atoms. The zero-order chi connectivity index (χ0) is 9.14. The van der Waals surface area contributed by atoms with Crippen molar-refractivity contribution in [1.29, 1.82) is 0 Å². The Morgan fingerprint density at radius 1 is 1.25 bits per heavy atom. The molecule has 0 aromatic carbocycles. The third-order valence-electron chi connectivity index (χ3n) is 1.28. The number of hydrogen-bond donors (Lipinski definition) is 0. The predicted octanol–water partition coefficient (Wildman–Crippen LogP) is 2.92. The van der Waals surface area contributed by atoms with Crippen molar-refractivity contribution in [3.63, 3.8) is 0 Å². The fourth-order valence-corrected chi connectivity index (χ4v) is 0.762. The summed E-state index contributed by atoms with van der Waals surface area (Å²) >= 11 is 0. The first-order chi connectivity index (χ1) is 5.61.